The normalized spacial score (nSPS) is 9.73. The van der Waals surface area contributed by atoms with Crippen LogP contribution in [0.4, 0.5) is 0 Å². The van der Waals surface area contributed by atoms with Crippen LogP contribution in [-0.2, 0) is 0 Å². The number of Topliss-reactive ketones (excluding diaryl/α,β-unsaturated/α-hetero) is 2. The molecule has 15 heavy (non-hydrogen) atoms. The van der Waals surface area contributed by atoms with E-state index in [4.69, 9.17) is 0 Å². The lowest BCUT2D eigenvalue weighted by Crippen LogP contribution is -2.09. The Kier molecular flexibility index (Phi) is 3.50. The van der Waals surface area contributed by atoms with Crippen LogP contribution in [0.1, 0.15) is 51.3 Å². The van der Waals surface area contributed by atoms with Crippen LogP contribution in [0.25, 0.3) is 0 Å². The Bertz CT molecular complexity index is 419. The van der Waals surface area contributed by atoms with Gasteiger partial charge in [-0.15, -0.1) is 0 Å². The highest BCUT2D eigenvalue weighted by Gasteiger charge is 2.16. The van der Waals surface area contributed by atoms with Crippen LogP contribution < -0.4 is 0 Å². The van der Waals surface area contributed by atoms with Gasteiger partial charge in [-0.3, -0.25) is 14.4 Å². The number of rotatable bonds is 4. The van der Waals surface area contributed by atoms with Crippen LogP contribution in [0.5, 0.6) is 0 Å². The van der Waals surface area contributed by atoms with Crippen LogP contribution in [0.15, 0.2) is 18.2 Å². The quantitative estimate of drug-likeness (QED) is 0.558. The monoisotopic (exact) mass is 204 g/mol. The number of hydrogen-bond donors (Lipinski definition) is 0. The van der Waals surface area contributed by atoms with Gasteiger partial charge in [-0.05, 0) is 6.92 Å². The Hall–Kier alpha value is -1.77. The van der Waals surface area contributed by atoms with E-state index in [1.165, 1.54) is 6.92 Å². The molecule has 0 fully saturated rings. The minimum atomic E-state index is -0.199. The Morgan fingerprint density at radius 1 is 1.33 bits per heavy atom. The summed E-state index contributed by atoms with van der Waals surface area (Å²) in [5.74, 6) is -0.376. The van der Waals surface area contributed by atoms with Gasteiger partial charge in [0.15, 0.2) is 17.9 Å². The summed E-state index contributed by atoms with van der Waals surface area (Å²) in [4.78, 5) is 33.7. The van der Waals surface area contributed by atoms with Crippen molar-refractivity contribution in [2.45, 2.75) is 20.3 Å². The second-order valence-electron chi connectivity index (χ2n) is 3.22. The topological polar surface area (TPSA) is 51.2 Å². The van der Waals surface area contributed by atoms with Crippen LogP contribution in [0, 0.1) is 0 Å². The van der Waals surface area contributed by atoms with Crippen LogP contribution in [0.2, 0.25) is 0 Å². The molecule has 0 aliphatic carbocycles. The van der Waals surface area contributed by atoms with E-state index in [0.717, 1.165) is 0 Å². The molecule has 1 aromatic carbocycles. The van der Waals surface area contributed by atoms with Crippen molar-refractivity contribution < 1.29 is 14.4 Å². The molecule has 0 spiro atoms. The number of benzene rings is 1. The van der Waals surface area contributed by atoms with Crippen molar-refractivity contribution in [3.63, 3.8) is 0 Å². The van der Waals surface area contributed by atoms with E-state index < -0.39 is 0 Å². The summed E-state index contributed by atoms with van der Waals surface area (Å²) >= 11 is 0. The molecule has 78 valence electrons. The number of carbonyl (C=O) groups is 3. The Labute approximate surface area is 88.1 Å². The van der Waals surface area contributed by atoms with E-state index in [1.54, 1.807) is 25.1 Å². The van der Waals surface area contributed by atoms with E-state index in [2.05, 4.69) is 0 Å². The van der Waals surface area contributed by atoms with Gasteiger partial charge in [-0.2, -0.15) is 0 Å². The first kappa shape index (κ1) is 11.3. The predicted octanol–water partition coefficient (Wildman–Crippen LogP) is 2.29. The van der Waals surface area contributed by atoms with E-state index >= 15 is 0 Å². The third kappa shape index (κ3) is 2.18. The zero-order valence-corrected chi connectivity index (χ0v) is 8.74. The summed E-state index contributed by atoms with van der Waals surface area (Å²) in [5, 5.41) is 0. The molecule has 0 saturated heterocycles. The molecule has 0 unspecified atom stereocenters. The molecule has 0 heterocycles. The molecule has 3 nitrogen and oxygen atoms in total. The van der Waals surface area contributed by atoms with Crippen molar-refractivity contribution in [2.24, 2.45) is 0 Å². The maximum Gasteiger partial charge on any atom is 0.164 e. The van der Waals surface area contributed by atoms with Crippen molar-refractivity contribution >= 4 is 17.9 Å². The van der Waals surface area contributed by atoms with Crippen LogP contribution in [-0.4, -0.2) is 17.9 Å². The lowest BCUT2D eigenvalue weighted by atomic mass is 9.95. The fourth-order valence-electron chi connectivity index (χ4n) is 1.45. The van der Waals surface area contributed by atoms with Crippen molar-refractivity contribution in [3.8, 4) is 0 Å². The van der Waals surface area contributed by atoms with Gasteiger partial charge in [0.2, 0.25) is 0 Å². The molecule has 0 radical (unpaired) electrons. The highest BCUT2D eigenvalue weighted by atomic mass is 16.1. The second kappa shape index (κ2) is 4.64. The predicted molar refractivity (Wildman–Crippen MR) is 56.5 cm³/mol. The van der Waals surface area contributed by atoms with Crippen LogP contribution in [0.3, 0.4) is 0 Å². The van der Waals surface area contributed by atoms with Gasteiger partial charge in [-0.1, -0.05) is 25.1 Å². The average molecular weight is 204 g/mol. The standard InChI is InChI=1S/C12H12O3/c1-3-11(15)12-9(7-13)5-4-6-10(12)8(2)14/h4-7H,3H2,1-2H3. The number of carbonyl (C=O) groups excluding carboxylic acids is 3. The third-order valence-electron chi connectivity index (χ3n) is 2.20. The summed E-state index contributed by atoms with van der Waals surface area (Å²) in [6.45, 7) is 3.09. The zero-order valence-electron chi connectivity index (χ0n) is 8.74. The van der Waals surface area contributed by atoms with Gasteiger partial charge in [0.05, 0.1) is 0 Å². The van der Waals surface area contributed by atoms with E-state index in [1.807, 2.05) is 0 Å². The van der Waals surface area contributed by atoms with E-state index in [9.17, 15) is 14.4 Å². The molecule has 0 N–H and O–H groups in total. The zero-order chi connectivity index (χ0) is 11.4. The summed E-state index contributed by atoms with van der Waals surface area (Å²) in [6.07, 6.45) is 0.889. The maximum absolute atomic E-state index is 11.6. The SMILES string of the molecule is CCC(=O)c1c(C=O)cccc1C(C)=O. The molecule has 1 aromatic rings. The Balaban J connectivity index is 3.46. The maximum atomic E-state index is 11.6. The molecule has 0 saturated carbocycles. The fourth-order valence-corrected chi connectivity index (χ4v) is 1.45. The highest BCUT2D eigenvalue weighted by Crippen LogP contribution is 2.16. The molecule has 3 heteroatoms. The first-order chi connectivity index (χ1) is 7.11. The molecule has 0 aliphatic rings. The molecular formula is C12H12O3. The smallest absolute Gasteiger partial charge is 0.164 e. The lowest BCUT2D eigenvalue weighted by Gasteiger charge is -2.06. The molecule has 0 amide bonds. The van der Waals surface area contributed by atoms with Crippen LogP contribution >= 0.6 is 0 Å². The summed E-state index contributed by atoms with van der Waals surface area (Å²) in [5.41, 5.74) is 0.864. The first-order valence-electron chi connectivity index (χ1n) is 4.74. The van der Waals surface area contributed by atoms with Gasteiger partial charge in [0.1, 0.15) is 0 Å². The first-order valence-corrected chi connectivity index (χ1v) is 4.74. The Morgan fingerprint density at radius 3 is 2.47 bits per heavy atom. The minimum absolute atomic E-state index is 0.178. The second-order valence-corrected chi connectivity index (χ2v) is 3.22. The van der Waals surface area contributed by atoms with Gasteiger partial charge in [0, 0.05) is 23.1 Å². The Morgan fingerprint density at radius 2 is 2.00 bits per heavy atom. The lowest BCUT2D eigenvalue weighted by molar-refractivity contribution is 0.0962. The van der Waals surface area contributed by atoms with Crippen molar-refractivity contribution in [3.05, 3.63) is 34.9 Å². The van der Waals surface area contributed by atoms with Crippen molar-refractivity contribution in [2.75, 3.05) is 0 Å². The van der Waals surface area contributed by atoms with Gasteiger partial charge in [0.25, 0.3) is 0 Å². The molecule has 1 rings (SSSR count). The van der Waals surface area contributed by atoms with Crippen molar-refractivity contribution in [1.29, 1.82) is 0 Å². The minimum Gasteiger partial charge on any atom is -0.298 e. The highest BCUT2D eigenvalue weighted by molar-refractivity contribution is 6.11. The third-order valence-corrected chi connectivity index (χ3v) is 2.20. The summed E-state index contributed by atoms with van der Waals surface area (Å²) in [6, 6.07) is 4.72. The average Bonchev–Trinajstić information content (AvgIpc) is 2.26. The van der Waals surface area contributed by atoms with E-state index in [0.29, 0.717) is 11.8 Å². The molecule has 0 aliphatic heterocycles. The van der Waals surface area contributed by atoms with Crippen molar-refractivity contribution in [1.82, 2.24) is 0 Å². The number of aldehydes is 1. The number of ketones is 2. The van der Waals surface area contributed by atoms with Gasteiger partial charge < -0.3 is 0 Å². The van der Waals surface area contributed by atoms with Gasteiger partial charge >= 0.3 is 0 Å². The fraction of sp³-hybridized carbons (Fsp3) is 0.250. The summed E-state index contributed by atoms with van der Waals surface area (Å²) in [7, 11) is 0. The van der Waals surface area contributed by atoms with Gasteiger partial charge in [-0.25, -0.2) is 0 Å². The molecule has 0 aromatic heterocycles. The number of hydrogen-bond acceptors (Lipinski definition) is 3. The molecule has 0 atom stereocenters. The molecular weight excluding hydrogens is 192 g/mol. The molecule has 0 bridgehead atoms. The largest absolute Gasteiger partial charge is 0.298 e. The summed E-state index contributed by atoms with van der Waals surface area (Å²) < 4.78 is 0. The van der Waals surface area contributed by atoms with E-state index in [-0.39, 0.29) is 29.1 Å².